The van der Waals surface area contributed by atoms with Crippen LogP contribution >= 0.6 is 0 Å². The van der Waals surface area contributed by atoms with Crippen molar-refractivity contribution < 1.29 is 14.3 Å². The van der Waals surface area contributed by atoms with E-state index in [0.29, 0.717) is 18.7 Å². The van der Waals surface area contributed by atoms with Crippen LogP contribution in [0.1, 0.15) is 18.1 Å². The smallest absolute Gasteiger partial charge is 0.313 e. The third-order valence-electron chi connectivity index (χ3n) is 4.84. The van der Waals surface area contributed by atoms with Gasteiger partial charge in [-0.25, -0.2) is 0 Å². The van der Waals surface area contributed by atoms with Gasteiger partial charge in [0.1, 0.15) is 0 Å². The van der Waals surface area contributed by atoms with E-state index in [1.807, 2.05) is 12.1 Å². The van der Waals surface area contributed by atoms with Gasteiger partial charge in [0.25, 0.3) is 0 Å². The summed E-state index contributed by atoms with van der Waals surface area (Å²) in [5.74, 6) is -1.27. The molecule has 0 spiro atoms. The SMILES string of the molecule is CCc1ccc(NC(=O)C(=O)NCCc2ccc(N3CCOCC3)cc2)cc1. The zero-order valence-corrected chi connectivity index (χ0v) is 16.2. The lowest BCUT2D eigenvalue weighted by atomic mass is 10.1. The standard InChI is InChI=1S/C22H27N3O3/c1-2-17-3-7-19(8-4-17)24-22(27)21(26)23-12-11-18-5-9-20(10-6-18)25-13-15-28-16-14-25/h3-10H,2,11-16H2,1H3,(H,23,26)(H,24,27). The molecule has 0 unspecified atom stereocenters. The predicted molar refractivity (Wildman–Crippen MR) is 111 cm³/mol. The molecule has 2 aromatic rings. The molecular formula is C22H27N3O3. The van der Waals surface area contributed by atoms with E-state index in [-0.39, 0.29) is 0 Å². The maximum absolute atomic E-state index is 12.0. The highest BCUT2D eigenvalue weighted by molar-refractivity contribution is 6.39. The van der Waals surface area contributed by atoms with E-state index in [2.05, 4.69) is 46.7 Å². The first-order valence-corrected chi connectivity index (χ1v) is 9.75. The van der Waals surface area contributed by atoms with Gasteiger partial charge in [0.2, 0.25) is 0 Å². The Kier molecular flexibility index (Phi) is 7.03. The van der Waals surface area contributed by atoms with Gasteiger partial charge in [-0.1, -0.05) is 31.2 Å². The van der Waals surface area contributed by atoms with Gasteiger partial charge in [-0.2, -0.15) is 0 Å². The third-order valence-corrected chi connectivity index (χ3v) is 4.84. The van der Waals surface area contributed by atoms with Crippen molar-refractivity contribution in [3.8, 4) is 0 Å². The number of amides is 2. The maximum atomic E-state index is 12.0. The number of benzene rings is 2. The number of rotatable bonds is 6. The third kappa shape index (κ3) is 5.57. The van der Waals surface area contributed by atoms with Crippen LogP contribution < -0.4 is 15.5 Å². The Balaban J connectivity index is 1.42. The van der Waals surface area contributed by atoms with Gasteiger partial charge in [0.05, 0.1) is 13.2 Å². The molecular weight excluding hydrogens is 354 g/mol. The minimum atomic E-state index is -0.646. The minimum Gasteiger partial charge on any atom is -0.378 e. The van der Waals surface area contributed by atoms with Crippen LogP contribution in [0.25, 0.3) is 0 Å². The first-order valence-electron chi connectivity index (χ1n) is 9.75. The molecule has 2 N–H and O–H groups in total. The lowest BCUT2D eigenvalue weighted by molar-refractivity contribution is -0.136. The average molecular weight is 381 g/mol. The van der Waals surface area contributed by atoms with Crippen molar-refractivity contribution in [1.29, 1.82) is 0 Å². The van der Waals surface area contributed by atoms with Crippen LogP contribution in [0.2, 0.25) is 0 Å². The number of nitrogens with zero attached hydrogens (tertiary/aromatic N) is 1. The molecule has 6 nitrogen and oxygen atoms in total. The van der Waals surface area contributed by atoms with Crippen LogP contribution in [0.4, 0.5) is 11.4 Å². The van der Waals surface area contributed by atoms with Crippen molar-refractivity contribution in [3.63, 3.8) is 0 Å². The van der Waals surface area contributed by atoms with Crippen LogP contribution in [0.3, 0.4) is 0 Å². The number of carbonyl (C=O) groups is 2. The van der Waals surface area contributed by atoms with Crippen LogP contribution in [0.15, 0.2) is 48.5 Å². The van der Waals surface area contributed by atoms with E-state index < -0.39 is 11.8 Å². The number of hydrogen-bond donors (Lipinski definition) is 2. The lowest BCUT2D eigenvalue weighted by Crippen LogP contribution is -2.36. The summed E-state index contributed by atoms with van der Waals surface area (Å²) in [6.07, 6.45) is 1.61. The number of aryl methyl sites for hydroxylation is 1. The number of anilines is 2. The number of hydrogen-bond acceptors (Lipinski definition) is 4. The molecule has 148 valence electrons. The molecule has 0 atom stereocenters. The van der Waals surface area contributed by atoms with E-state index >= 15 is 0 Å². The average Bonchev–Trinajstić information content (AvgIpc) is 2.75. The molecule has 0 aromatic heterocycles. The first kappa shape index (κ1) is 19.9. The van der Waals surface area contributed by atoms with Crippen LogP contribution in [-0.2, 0) is 27.2 Å². The van der Waals surface area contributed by atoms with Gasteiger partial charge in [-0.15, -0.1) is 0 Å². The van der Waals surface area contributed by atoms with Gasteiger partial charge >= 0.3 is 11.8 Å². The predicted octanol–water partition coefficient (Wildman–Crippen LogP) is 2.38. The molecule has 0 bridgehead atoms. The number of ether oxygens (including phenoxy) is 1. The van der Waals surface area contributed by atoms with Gasteiger partial charge in [0, 0.05) is 31.0 Å². The Bertz CT molecular complexity index is 782. The van der Waals surface area contributed by atoms with Gasteiger partial charge in [-0.3, -0.25) is 9.59 Å². The van der Waals surface area contributed by atoms with Crippen LogP contribution in [0, 0.1) is 0 Å². The molecule has 6 heteroatoms. The second-order valence-corrected chi connectivity index (χ2v) is 6.78. The first-order chi connectivity index (χ1) is 13.7. The molecule has 1 fully saturated rings. The van der Waals surface area contributed by atoms with Crippen LogP contribution in [0.5, 0.6) is 0 Å². The summed E-state index contributed by atoms with van der Waals surface area (Å²) in [4.78, 5) is 26.3. The molecule has 0 aliphatic carbocycles. The molecule has 0 radical (unpaired) electrons. The Labute approximate surface area is 165 Å². The second kappa shape index (κ2) is 9.90. The molecule has 3 rings (SSSR count). The zero-order chi connectivity index (χ0) is 19.8. The Morgan fingerprint density at radius 1 is 0.929 bits per heavy atom. The van der Waals surface area contributed by atoms with Crippen molar-refractivity contribution in [3.05, 3.63) is 59.7 Å². The van der Waals surface area contributed by atoms with Gasteiger partial charge in [-0.05, 0) is 48.2 Å². The molecule has 28 heavy (non-hydrogen) atoms. The number of carbonyl (C=O) groups excluding carboxylic acids is 2. The summed E-state index contributed by atoms with van der Waals surface area (Å²) in [5, 5.41) is 5.29. The summed E-state index contributed by atoms with van der Waals surface area (Å²) < 4.78 is 5.37. The number of nitrogens with one attached hydrogen (secondary N) is 2. The molecule has 2 amide bonds. The number of morpholine rings is 1. The fraction of sp³-hybridized carbons (Fsp3) is 0.364. The lowest BCUT2D eigenvalue weighted by Gasteiger charge is -2.28. The highest BCUT2D eigenvalue weighted by Gasteiger charge is 2.13. The normalized spacial score (nSPS) is 13.8. The zero-order valence-electron chi connectivity index (χ0n) is 16.2. The summed E-state index contributed by atoms with van der Waals surface area (Å²) in [6, 6.07) is 15.8. The fourth-order valence-corrected chi connectivity index (χ4v) is 3.11. The second-order valence-electron chi connectivity index (χ2n) is 6.78. The van der Waals surface area contributed by atoms with Gasteiger partial charge < -0.3 is 20.3 Å². The fourth-order valence-electron chi connectivity index (χ4n) is 3.11. The molecule has 1 heterocycles. The summed E-state index contributed by atoms with van der Waals surface area (Å²) in [6.45, 7) is 5.82. The van der Waals surface area contributed by atoms with Crippen LogP contribution in [-0.4, -0.2) is 44.7 Å². The monoisotopic (exact) mass is 381 g/mol. The Morgan fingerprint density at radius 2 is 1.57 bits per heavy atom. The van der Waals surface area contributed by atoms with Crippen molar-refractivity contribution in [1.82, 2.24) is 5.32 Å². The topological polar surface area (TPSA) is 70.7 Å². The van der Waals surface area contributed by atoms with E-state index in [0.717, 1.165) is 38.3 Å². The van der Waals surface area contributed by atoms with E-state index in [1.165, 1.54) is 11.3 Å². The van der Waals surface area contributed by atoms with E-state index in [1.54, 1.807) is 12.1 Å². The minimum absolute atomic E-state index is 0.415. The summed E-state index contributed by atoms with van der Waals surface area (Å²) in [7, 11) is 0. The Hall–Kier alpha value is -2.86. The highest BCUT2D eigenvalue weighted by Crippen LogP contribution is 2.16. The summed E-state index contributed by atoms with van der Waals surface area (Å²) in [5.41, 5.74) is 4.11. The Morgan fingerprint density at radius 3 is 2.21 bits per heavy atom. The summed E-state index contributed by atoms with van der Waals surface area (Å²) >= 11 is 0. The largest absolute Gasteiger partial charge is 0.378 e. The highest BCUT2D eigenvalue weighted by atomic mass is 16.5. The molecule has 1 saturated heterocycles. The van der Waals surface area contributed by atoms with E-state index in [4.69, 9.17) is 4.74 Å². The van der Waals surface area contributed by atoms with E-state index in [9.17, 15) is 9.59 Å². The molecule has 0 saturated carbocycles. The van der Waals surface area contributed by atoms with Crippen molar-refractivity contribution in [2.75, 3.05) is 43.1 Å². The van der Waals surface area contributed by atoms with Gasteiger partial charge in [0.15, 0.2) is 0 Å². The van der Waals surface area contributed by atoms with Crippen molar-refractivity contribution in [2.24, 2.45) is 0 Å². The molecule has 2 aromatic carbocycles. The maximum Gasteiger partial charge on any atom is 0.313 e. The molecule has 1 aliphatic heterocycles. The molecule has 1 aliphatic rings. The van der Waals surface area contributed by atoms with Crippen molar-refractivity contribution >= 4 is 23.2 Å². The quantitative estimate of drug-likeness (QED) is 0.754. The van der Waals surface area contributed by atoms with Crippen molar-refractivity contribution in [2.45, 2.75) is 19.8 Å².